The van der Waals surface area contributed by atoms with Crippen molar-refractivity contribution in [1.29, 1.82) is 0 Å². The highest BCUT2D eigenvalue weighted by molar-refractivity contribution is 5.78. The highest BCUT2D eigenvalue weighted by atomic mass is 16.1. The Bertz CT molecular complexity index is 543. The molecule has 1 heterocycles. The van der Waals surface area contributed by atoms with Gasteiger partial charge in [-0.15, -0.1) is 0 Å². The molecule has 1 aromatic carbocycles. The lowest BCUT2D eigenvalue weighted by Gasteiger charge is -2.05. The molecule has 0 saturated carbocycles. The quantitative estimate of drug-likeness (QED) is 0.848. The van der Waals surface area contributed by atoms with Gasteiger partial charge in [0.2, 0.25) is 5.91 Å². The van der Waals surface area contributed by atoms with Crippen LogP contribution in [-0.4, -0.2) is 17.4 Å². The van der Waals surface area contributed by atoms with E-state index >= 15 is 0 Å². The first-order valence-electron chi connectivity index (χ1n) is 6.61. The predicted octanol–water partition coefficient (Wildman–Crippen LogP) is 2.53. The highest BCUT2D eigenvalue weighted by Crippen LogP contribution is 2.09. The molecule has 3 heteroatoms. The van der Waals surface area contributed by atoms with Crippen molar-refractivity contribution in [1.82, 2.24) is 10.3 Å². The molecule has 2 rings (SSSR count). The number of carbonyl (C=O) groups is 1. The molecule has 0 aliphatic heterocycles. The van der Waals surface area contributed by atoms with Crippen LogP contribution in [0.2, 0.25) is 0 Å². The summed E-state index contributed by atoms with van der Waals surface area (Å²) in [6, 6.07) is 12.2. The second-order valence-electron chi connectivity index (χ2n) is 4.86. The number of hydrogen-bond acceptors (Lipinski definition) is 1. The van der Waals surface area contributed by atoms with Gasteiger partial charge in [0.25, 0.3) is 0 Å². The van der Waals surface area contributed by atoms with Gasteiger partial charge in [0.05, 0.1) is 6.42 Å². The largest absolute Gasteiger partial charge is 0.362 e. The summed E-state index contributed by atoms with van der Waals surface area (Å²) >= 11 is 0. The summed E-state index contributed by atoms with van der Waals surface area (Å²) in [5, 5.41) is 2.96. The average Bonchev–Trinajstić information content (AvgIpc) is 2.69. The summed E-state index contributed by atoms with van der Waals surface area (Å²) in [4.78, 5) is 15.1. The third-order valence-electron chi connectivity index (χ3n) is 3.19. The lowest BCUT2D eigenvalue weighted by molar-refractivity contribution is -0.120. The standard InChI is InChI=1S/C16H20N2O/c1-12-10-15(13(2)18-12)11-16(19)17-9-8-14-6-4-3-5-7-14/h3-7,10,18H,8-9,11H2,1-2H3,(H,17,19). The number of aryl methyl sites for hydroxylation is 2. The molecular weight excluding hydrogens is 236 g/mol. The van der Waals surface area contributed by atoms with Crippen molar-refractivity contribution in [2.75, 3.05) is 6.54 Å². The molecule has 1 amide bonds. The number of aromatic nitrogens is 1. The Morgan fingerprint density at radius 3 is 2.58 bits per heavy atom. The van der Waals surface area contributed by atoms with Crippen LogP contribution in [0.25, 0.3) is 0 Å². The van der Waals surface area contributed by atoms with Crippen LogP contribution in [-0.2, 0) is 17.6 Å². The van der Waals surface area contributed by atoms with E-state index in [0.717, 1.165) is 23.4 Å². The molecule has 0 saturated heterocycles. The predicted molar refractivity (Wildman–Crippen MR) is 77.1 cm³/mol. The van der Waals surface area contributed by atoms with Gasteiger partial charge in [-0.2, -0.15) is 0 Å². The van der Waals surface area contributed by atoms with Crippen LogP contribution in [0, 0.1) is 13.8 Å². The molecule has 0 spiro atoms. The van der Waals surface area contributed by atoms with Gasteiger partial charge in [-0.25, -0.2) is 0 Å². The third kappa shape index (κ3) is 3.98. The normalized spacial score (nSPS) is 10.4. The average molecular weight is 256 g/mol. The fourth-order valence-electron chi connectivity index (χ4n) is 2.19. The molecule has 0 radical (unpaired) electrons. The van der Waals surface area contributed by atoms with E-state index in [2.05, 4.69) is 22.4 Å². The summed E-state index contributed by atoms with van der Waals surface area (Å²) in [7, 11) is 0. The Hall–Kier alpha value is -2.03. The van der Waals surface area contributed by atoms with E-state index in [0.29, 0.717) is 13.0 Å². The van der Waals surface area contributed by atoms with Crippen LogP contribution in [0.4, 0.5) is 0 Å². The summed E-state index contributed by atoms with van der Waals surface area (Å²) in [6.45, 7) is 4.69. The van der Waals surface area contributed by atoms with Crippen LogP contribution in [0.3, 0.4) is 0 Å². The zero-order valence-corrected chi connectivity index (χ0v) is 11.5. The first-order chi connectivity index (χ1) is 9.15. The Kier molecular flexibility index (Phi) is 4.39. The highest BCUT2D eigenvalue weighted by Gasteiger charge is 2.07. The molecule has 19 heavy (non-hydrogen) atoms. The molecule has 0 bridgehead atoms. The molecule has 100 valence electrons. The minimum absolute atomic E-state index is 0.0815. The smallest absolute Gasteiger partial charge is 0.224 e. The van der Waals surface area contributed by atoms with E-state index in [4.69, 9.17) is 0 Å². The molecule has 0 atom stereocenters. The molecule has 2 aromatic rings. The Morgan fingerprint density at radius 1 is 1.21 bits per heavy atom. The van der Waals surface area contributed by atoms with Crippen LogP contribution < -0.4 is 5.32 Å². The molecule has 0 aliphatic rings. The second kappa shape index (κ2) is 6.23. The first-order valence-corrected chi connectivity index (χ1v) is 6.61. The summed E-state index contributed by atoms with van der Waals surface area (Å²) in [5.41, 5.74) is 4.51. The minimum atomic E-state index is 0.0815. The number of benzene rings is 1. The Balaban J connectivity index is 1.78. The Morgan fingerprint density at radius 2 is 1.95 bits per heavy atom. The van der Waals surface area contributed by atoms with Gasteiger partial charge in [-0.05, 0) is 37.5 Å². The van der Waals surface area contributed by atoms with Crippen molar-refractivity contribution in [3.63, 3.8) is 0 Å². The van der Waals surface area contributed by atoms with Crippen molar-refractivity contribution in [3.05, 3.63) is 58.9 Å². The van der Waals surface area contributed by atoms with E-state index < -0.39 is 0 Å². The summed E-state index contributed by atoms with van der Waals surface area (Å²) < 4.78 is 0. The molecule has 3 nitrogen and oxygen atoms in total. The van der Waals surface area contributed by atoms with Crippen molar-refractivity contribution < 1.29 is 4.79 Å². The zero-order chi connectivity index (χ0) is 13.7. The molecule has 0 unspecified atom stereocenters. The van der Waals surface area contributed by atoms with Crippen molar-refractivity contribution >= 4 is 5.91 Å². The second-order valence-corrected chi connectivity index (χ2v) is 4.86. The molecule has 0 fully saturated rings. The molecule has 0 aliphatic carbocycles. The zero-order valence-electron chi connectivity index (χ0n) is 11.5. The SMILES string of the molecule is Cc1cc(CC(=O)NCCc2ccccc2)c(C)[nH]1. The fraction of sp³-hybridized carbons (Fsp3) is 0.312. The van der Waals surface area contributed by atoms with Crippen LogP contribution in [0.15, 0.2) is 36.4 Å². The fourth-order valence-corrected chi connectivity index (χ4v) is 2.19. The lowest BCUT2D eigenvalue weighted by atomic mass is 10.1. The van der Waals surface area contributed by atoms with E-state index in [1.165, 1.54) is 5.56 Å². The number of amides is 1. The van der Waals surface area contributed by atoms with Crippen LogP contribution in [0.1, 0.15) is 22.5 Å². The molecular formula is C16H20N2O. The summed E-state index contributed by atoms with van der Waals surface area (Å²) in [6.07, 6.45) is 1.32. The molecule has 2 N–H and O–H groups in total. The van der Waals surface area contributed by atoms with Gasteiger partial charge >= 0.3 is 0 Å². The van der Waals surface area contributed by atoms with Crippen molar-refractivity contribution in [3.8, 4) is 0 Å². The van der Waals surface area contributed by atoms with Gasteiger partial charge < -0.3 is 10.3 Å². The van der Waals surface area contributed by atoms with Gasteiger partial charge in [0.1, 0.15) is 0 Å². The van der Waals surface area contributed by atoms with Crippen LogP contribution in [0.5, 0.6) is 0 Å². The maximum atomic E-state index is 11.8. The summed E-state index contributed by atoms with van der Waals surface area (Å²) in [5.74, 6) is 0.0815. The van der Waals surface area contributed by atoms with Gasteiger partial charge in [-0.3, -0.25) is 4.79 Å². The topological polar surface area (TPSA) is 44.9 Å². The van der Waals surface area contributed by atoms with Crippen molar-refractivity contribution in [2.45, 2.75) is 26.7 Å². The van der Waals surface area contributed by atoms with E-state index in [9.17, 15) is 4.79 Å². The van der Waals surface area contributed by atoms with E-state index in [1.54, 1.807) is 0 Å². The molecule has 1 aromatic heterocycles. The number of nitrogens with one attached hydrogen (secondary N) is 2. The number of carbonyl (C=O) groups excluding carboxylic acids is 1. The Labute approximate surface area is 114 Å². The van der Waals surface area contributed by atoms with Gasteiger partial charge in [-0.1, -0.05) is 30.3 Å². The number of hydrogen-bond donors (Lipinski definition) is 2. The minimum Gasteiger partial charge on any atom is -0.362 e. The monoisotopic (exact) mass is 256 g/mol. The third-order valence-corrected chi connectivity index (χ3v) is 3.19. The maximum Gasteiger partial charge on any atom is 0.224 e. The number of H-pyrrole nitrogens is 1. The van der Waals surface area contributed by atoms with Gasteiger partial charge in [0, 0.05) is 17.9 Å². The van der Waals surface area contributed by atoms with Crippen molar-refractivity contribution in [2.24, 2.45) is 0 Å². The maximum absolute atomic E-state index is 11.8. The van der Waals surface area contributed by atoms with Crippen LogP contribution >= 0.6 is 0 Å². The number of rotatable bonds is 5. The first kappa shape index (κ1) is 13.4. The van der Waals surface area contributed by atoms with E-state index in [1.807, 2.05) is 38.1 Å². The number of aromatic amines is 1. The van der Waals surface area contributed by atoms with E-state index in [-0.39, 0.29) is 5.91 Å². The lowest BCUT2D eigenvalue weighted by Crippen LogP contribution is -2.27. The van der Waals surface area contributed by atoms with Gasteiger partial charge in [0.15, 0.2) is 0 Å².